The first kappa shape index (κ1) is 28.3. The Labute approximate surface area is 228 Å². The van der Waals surface area contributed by atoms with E-state index in [9.17, 15) is 14.0 Å². The van der Waals surface area contributed by atoms with Gasteiger partial charge in [-0.2, -0.15) is 0 Å². The summed E-state index contributed by atoms with van der Waals surface area (Å²) in [6, 6.07) is 6.05. The lowest BCUT2D eigenvalue weighted by Crippen LogP contribution is -2.57. The topological polar surface area (TPSA) is 93.9 Å². The Bertz CT molecular complexity index is 1250. The van der Waals surface area contributed by atoms with E-state index in [1.165, 1.54) is 0 Å². The fourth-order valence-corrected chi connectivity index (χ4v) is 5.69. The number of hydrogen-bond donors (Lipinski definition) is 3. The largest absolute Gasteiger partial charge is 0.394 e. The molecule has 2 aromatic rings. The summed E-state index contributed by atoms with van der Waals surface area (Å²) in [6.07, 6.45) is 5.57. The van der Waals surface area contributed by atoms with E-state index in [1.807, 2.05) is 32.9 Å². The molecular weight excluding hydrogens is 507 g/mol. The summed E-state index contributed by atoms with van der Waals surface area (Å²) < 4.78 is 14.2. The Hall–Kier alpha value is -2.72. The average Bonchev–Trinajstić information content (AvgIpc) is 2.94. The summed E-state index contributed by atoms with van der Waals surface area (Å²) in [4.78, 5) is 30.2. The van der Waals surface area contributed by atoms with Crippen molar-refractivity contribution in [3.8, 4) is 0 Å². The Morgan fingerprint density at radius 1 is 1.05 bits per heavy atom. The molecule has 0 saturated carbocycles. The Morgan fingerprint density at radius 2 is 1.71 bits per heavy atom. The number of allylic oxidation sites excluding steroid dienone is 1. The lowest BCUT2D eigenvalue weighted by atomic mass is 10.0. The minimum absolute atomic E-state index is 0.0446. The number of nitrogens with one attached hydrogen (secondary N) is 2. The number of nitrogens with zero attached hydrogens (tertiary/aromatic N) is 3. The smallest absolute Gasteiger partial charge is 0.253 e. The van der Waals surface area contributed by atoms with Crippen LogP contribution in [0.2, 0.25) is 0 Å². The number of nitrogens with two attached hydrogens (primary N) is 1. The lowest BCUT2D eigenvalue weighted by molar-refractivity contribution is 0.0445. The average molecular weight is 545 g/mol. The fourth-order valence-electron chi connectivity index (χ4n) is 5.37. The molecule has 206 valence electrons. The molecule has 2 aromatic carbocycles. The van der Waals surface area contributed by atoms with E-state index in [-0.39, 0.29) is 23.4 Å². The number of aryl methyl sites for hydroxylation is 1. The highest BCUT2D eigenvalue weighted by atomic mass is 35.5. The number of benzene rings is 1. The monoisotopic (exact) mass is 544 g/mol. The third-order valence-electron chi connectivity index (χ3n) is 7.56. The number of likely N-dealkylation sites (tertiary alicyclic amines) is 1. The van der Waals surface area contributed by atoms with Crippen molar-refractivity contribution in [1.82, 2.24) is 20.0 Å². The van der Waals surface area contributed by atoms with Crippen molar-refractivity contribution in [1.29, 1.82) is 0 Å². The van der Waals surface area contributed by atoms with Crippen LogP contribution in [0.4, 0.5) is 15.8 Å². The molecule has 38 heavy (non-hydrogen) atoms. The summed E-state index contributed by atoms with van der Waals surface area (Å²) in [6.45, 7) is 12.2. The van der Waals surface area contributed by atoms with Crippen molar-refractivity contribution in [3.63, 3.8) is 0 Å². The van der Waals surface area contributed by atoms with Gasteiger partial charge in [-0.1, -0.05) is 37.6 Å². The molecule has 0 bridgehead atoms. The summed E-state index contributed by atoms with van der Waals surface area (Å²) in [5.74, 6) is -0.108. The van der Waals surface area contributed by atoms with Crippen LogP contribution in [0.3, 0.4) is 0 Å². The van der Waals surface area contributed by atoms with Gasteiger partial charge in [0.05, 0.1) is 10.7 Å². The molecule has 0 radical (unpaired) electrons. The van der Waals surface area contributed by atoms with Crippen LogP contribution in [0.25, 0.3) is 0 Å². The number of piperazine rings is 1. The van der Waals surface area contributed by atoms with Gasteiger partial charge < -0.3 is 16.4 Å². The molecule has 0 amide bonds. The van der Waals surface area contributed by atoms with Crippen LogP contribution in [0.15, 0.2) is 50.8 Å². The summed E-state index contributed by atoms with van der Waals surface area (Å²) >= 11 is 6.58. The number of hydrogen-bond acceptors (Lipinski definition) is 8. The van der Waals surface area contributed by atoms with Crippen molar-refractivity contribution in [3.05, 3.63) is 78.6 Å². The molecule has 3 aliphatic heterocycles. The van der Waals surface area contributed by atoms with Gasteiger partial charge in [-0.3, -0.25) is 24.3 Å². The first-order chi connectivity index (χ1) is 18.3. The third kappa shape index (κ3) is 6.12. The molecule has 0 aromatic heterocycles. The number of rotatable bonds is 6. The number of piperidine rings is 1. The number of anilines is 2. The fraction of sp³-hybridized carbons (Fsp3) is 0.500. The minimum atomic E-state index is -0.654. The van der Waals surface area contributed by atoms with Crippen molar-refractivity contribution in [2.45, 2.75) is 52.4 Å². The number of dihydropyridines is 1. The van der Waals surface area contributed by atoms with Gasteiger partial charge in [-0.15, -0.1) is 0 Å². The molecular formula is C28H38ClFN6O2. The molecule has 0 aliphatic carbocycles. The van der Waals surface area contributed by atoms with Crippen molar-refractivity contribution in [2.24, 2.45) is 0 Å². The standard InChI is InChI=1S/C26H32ClFN6O2.C2H6/c1-16-2-3-17(21(28)12-16)15-32-6-4-19(5-7-32)33-8-10-34(11-9-33)26-20(27)13-18(14-30-26)31-23-22(29)24(35)25(23)36;1-2/h2-3,12-14,19,26,30-31H,4-11,15,29H2,1H3;1-2H3. The molecule has 3 heterocycles. The summed E-state index contributed by atoms with van der Waals surface area (Å²) in [7, 11) is 0. The maximum absolute atomic E-state index is 14.2. The second kappa shape index (κ2) is 12.4. The second-order valence-corrected chi connectivity index (χ2v) is 10.4. The van der Waals surface area contributed by atoms with Crippen molar-refractivity contribution >= 4 is 23.0 Å². The van der Waals surface area contributed by atoms with Gasteiger partial charge in [0.25, 0.3) is 10.9 Å². The van der Waals surface area contributed by atoms with Crippen LogP contribution in [0, 0.1) is 12.7 Å². The number of nitrogen functional groups attached to an aromatic ring is 1. The van der Waals surface area contributed by atoms with E-state index in [0.717, 1.165) is 63.2 Å². The second-order valence-electron chi connectivity index (χ2n) is 9.94. The van der Waals surface area contributed by atoms with Crippen LogP contribution >= 0.6 is 11.6 Å². The number of halogens is 2. The van der Waals surface area contributed by atoms with E-state index in [1.54, 1.807) is 18.3 Å². The minimum Gasteiger partial charge on any atom is -0.394 e. The molecule has 3 aliphatic rings. The van der Waals surface area contributed by atoms with Crippen molar-refractivity contribution < 1.29 is 4.39 Å². The SMILES string of the molecule is CC.Cc1ccc(CN2CCC(N3CCN(C4NC=C(Nc5c(N)c(=O)c5=O)C=C4Cl)CC3)CC2)c(F)c1. The highest BCUT2D eigenvalue weighted by Gasteiger charge is 2.31. The highest BCUT2D eigenvalue weighted by Crippen LogP contribution is 2.25. The zero-order valence-electron chi connectivity index (χ0n) is 22.4. The molecule has 10 heteroatoms. The highest BCUT2D eigenvalue weighted by molar-refractivity contribution is 6.30. The molecule has 1 unspecified atom stereocenters. The van der Waals surface area contributed by atoms with Crippen LogP contribution in [-0.2, 0) is 6.54 Å². The van der Waals surface area contributed by atoms with Crippen LogP contribution in [-0.4, -0.2) is 66.2 Å². The van der Waals surface area contributed by atoms with E-state index in [0.29, 0.717) is 23.3 Å². The van der Waals surface area contributed by atoms with Crippen LogP contribution in [0.5, 0.6) is 0 Å². The maximum Gasteiger partial charge on any atom is 0.253 e. The molecule has 8 nitrogen and oxygen atoms in total. The van der Waals surface area contributed by atoms with E-state index in [2.05, 4.69) is 25.3 Å². The predicted octanol–water partition coefficient (Wildman–Crippen LogP) is 2.93. The van der Waals surface area contributed by atoms with Crippen LogP contribution in [0.1, 0.15) is 37.8 Å². The lowest BCUT2D eigenvalue weighted by Gasteiger charge is -2.45. The van der Waals surface area contributed by atoms with E-state index < -0.39 is 10.9 Å². The van der Waals surface area contributed by atoms with Gasteiger partial charge in [-0.25, -0.2) is 4.39 Å². The molecule has 2 fully saturated rings. The van der Waals surface area contributed by atoms with Gasteiger partial charge >= 0.3 is 0 Å². The zero-order valence-corrected chi connectivity index (χ0v) is 23.2. The molecule has 1 atom stereocenters. The van der Waals surface area contributed by atoms with Crippen LogP contribution < -0.4 is 27.2 Å². The van der Waals surface area contributed by atoms with Gasteiger partial charge in [0, 0.05) is 50.5 Å². The molecule has 2 saturated heterocycles. The van der Waals surface area contributed by atoms with E-state index in [4.69, 9.17) is 17.3 Å². The predicted molar refractivity (Wildman–Crippen MR) is 152 cm³/mol. The van der Waals surface area contributed by atoms with E-state index >= 15 is 0 Å². The molecule has 4 N–H and O–H groups in total. The zero-order chi connectivity index (χ0) is 27.4. The maximum atomic E-state index is 14.2. The molecule has 0 spiro atoms. The van der Waals surface area contributed by atoms with Gasteiger partial charge in [-0.05, 0) is 50.6 Å². The Morgan fingerprint density at radius 3 is 2.32 bits per heavy atom. The normalized spacial score (nSPS) is 21.8. The summed E-state index contributed by atoms with van der Waals surface area (Å²) in [5, 5.41) is 6.80. The van der Waals surface area contributed by atoms with Gasteiger partial charge in [0.2, 0.25) is 0 Å². The van der Waals surface area contributed by atoms with Gasteiger partial charge in [0.1, 0.15) is 23.4 Å². The quantitative estimate of drug-likeness (QED) is 0.478. The Kier molecular flexibility index (Phi) is 9.25. The molecule has 5 rings (SSSR count). The first-order valence-electron chi connectivity index (χ1n) is 13.4. The third-order valence-corrected chi connectivity index (χ3v) is 7.87. The Balaban J connectivity index is 0.00000164. The summed E-state index contributed by atoms with van der Waals surface area (Å²) in [5.41, 5.74) is 6.73. The first-order valence-corrected chi connectivity index (χ1v) is 13.8. The van der Waals surface area contributed by atoms with Crippen molar-refractivity contribution in [2.75, 3.05) is 50.3 Å². The van der Waals surface area contributed by atoms with Gasteiger partial charge in [0.15, 0.2) is 0 Å².